The van der Waals surface area contributed by atoms with Gasteiger partial charge in [-0.25, -0.2) is 4.98 Å². The number of halogens is 1. The van der Waals surface area contributed by atoms with Crippen LogP contribution in [0.5, 0.6) is 0 Å². The molecule has 14 heavy (non-hydrogen) atoms. The van der Waals surface area contributed by atoms with Crippen LogP contribution in [0.25, 0.3) is 0 Å². The largest absolute Gasteiger partial charge is 0.385 e. The molecule has 6 heteroatoms. The van der Waals surface area contributed by atoms with Crippen LogP contribution in [0.15, 0.2) is 22.2 Å². The summed E-state index contributed by atoms with van der Waals surface area (Å²) in [6, 6.07) is 1.97. The molecule has 0 aliphatic carbocycles. The molecule has 0 radical (unpaired) electrons. The molecule has 0 fully saturated rings. The van der Waals surface area contributed by atoms with Gasteiger partial charge in [0.1, 0.15) is 12.4 Å². The first-order chi connectivity index (χ1) is 6.77. The Morgan fingerprint density at radius 2 is 2.50 bits per heavy atom. The first kappa shape index (κ1) is 9.82. The lowest BCUT2D eigenvalue weighted by Gasteiger charge is -2.05. The molecule has 1 atom stereocenters. The molecule has 0 saturated heterocycles. The molecule has 0 spiro atoms. The van der Waals surface area contributed by atoms with Crippen molar-refractivity contribution >= 4 is 27.3 Å². The van der Waals surface area contributed by atoms with E-state index in [4.69, 9.17) is 0 Å². The third-order valence-corrected chi connectivity index (χ3v) is 3.77. The maximum atomic E-state index is 9.76. The van der Waals surface area contributed by atoms with E-state index in [2.05, 4.69) is 31.1 Å². The summed E-state index contributed by atoms with van der Waals surface area (Å²) in [5.41, 5.74) is 0. The van der Waals surface area contributed by atoms with Crippen LogP contribution in [-0.2, 0) is 6.42 Å². The summed E-state index contributed by atoms with van der Waals surface area (Å²) in [7, 11) is 0. The number of H-pyrrole nitrogens is 1. The van der Waals surface area contributed by atoms with Crippen LogP contribution in [0.2, 0.25) is 0 Å². The zero-order valence-corrected chi connectivity index (χ0v) is 9.55. The Balaban J connectivity index is 2.09. The minimum atomic E-state index is -0.618. The van der Waals surface area contributed by atoms with E-state index in [0.29, 0.717) is 12.2 Å². The molecule has 2 aromatic heterocycles. The van der Waals surface area contributed by atoms with Crippen LogP contribution in [-0.4, -0.2) is 20.3 Å². The number of thiophene rings is 1. The fourth-order valence-electron chi connectivity index (χ4n) is 1.12. The van der Waals surface area contributed by atoms with Gasteiger partial charge in [0.25, 0.3) is 0 Å². The summed E-state index contributed by atoms with van der Waals surface area (Å²) in [6.07, 6.45) is 1.32. The van der Waals surface area contributed by atoms with Crippen molar-refractivity contribution < 1.29 is 5.11 Å². The Morgan fingerprint density at radius 1 is 1.64 bits per heavy atom. The maximum Gasteiger partial charge on any atom is 0.153 e. The molecule has 74 valence electrons. The molecule has 2 heterocycles. The Bertz CT molecular complexity index is 400. The predicted octanol–water partition coefficient (Wildman–Crippen LogP) is 1.90. The van der Waals surface area contributed by atoms with E-state index >= 15 is 0 Å². The molecule has 0 aromatic carbocycles. The number of aliphatic hydroxyl groups excluding tert-OH is 1. The number of aromatic nitrogens is 3. The summed E-state index contributed by atoms with van der Waals surface area (Å²) < 4.78 is 1.03. The highest BCUT2D eigenvalue weighted by Crippen LogP contribution is 2.26. The van der Waals surface area contributed by atoms with Crippen LogP contribution in [0.3, 0.4) is 0 Å². The van der Waals surface area contributed by atoms with E-state index in [1.165, 1.54) is 6.33 Å². The number of aromatic amines is 1. The second-order valence-electron chi connectivity index (χ2n) is 2.78. The Hall–Kier alpha value is -0.720. The van der Waals surface area contributed by atoms with Gasteiger partial charge >= 0.3 is 0 Å². The third kappa shape index (κ3) is 2.02. The lowest BCUT2D eigenvalue weighted by molar-refractivity contribution is 0.169. The SMILES string of the molecule is OC(Cc1sccc1Br)c1ncn[nH]1. The van der Waals surface area contributed by atoms with Crippen molar-refractivity contribution in [3.05, 3.63) is 32.9 Å². The molecule has 0 bridgehead atoms. The summed E-state index contributed by atoms with van der Waals surface area (Å²) in [4.78, 5) is 5.00. The van der Waals surface area contributed by atoms with Crippen molar-refractivity contribution in [2.75, 3.05) is 0 Å². The van der Waals surface area contributed by atoms with Gasteiger partial charge in [0.05, 0.1) is 0 Å². The number of nitrogens with one attached hydrogen (secondary N) is 1. The molecular formula is C8H8BrN3OS. The Kier molecular flexibility index (Phi) is 2.95. The molecule has 0 aliphatic heterocycles. The van der Waals surface area contributed by atoms with Crippen LogP contribution in [0, 0.1) is 0 Å². The first-order valence-corrected chi connectivity index (χ1v) is 5.70. The predicted molar refractivity (Wildman–Crippen MR) is 57.1 cm³/mol. The average Bonchev–Trinajstić information content (AvgIpc) is 2.77. The van der Waals surface area contributed by atoms with E-state index in [9.17, 15) is 5.11 Å². The number of rotatable bonds is 3. The third-order valence-electron chi connectivity index (χ3n) is 1.82. The average molecular weight is 274 g/mol. The zero-order valence-electron chi connectivity index (χ0n) is 7.14. The van der Waals surface area contributed by atoms with Crippen molar-refractivity contribution in [3.63, 3.8) is 0 Å². The number of hydrogen-bond donors (Lipinski definition) is 2. The van der Waals surface area contributed by atoms with Gasteiger partial charge in [-0.05, 0) is 27.4 Å². The summed E-state index contributed by atoms with van der Waals surface area (Å²) in [6.45, 7) is 0. The van der Waals surface area contributed by atoms with E-state index in [0.717, 1.165) is 9.35 Å². The second-order valence-corrected chi connectivity index (χ2v) is 4.64. The topological polar surface area (TPSA) is 61.8 Å². The van der Waals surface area contributed by atoms with Crippen LogP contribution >= 0.6 is 27.3 Å². The molecule has 2 rings (SSSR count). The Labute approximate surface area is 93.1 Å². The fraction of sp³-hybridized carbons (Fsp3) is 0.250. The summed E-state index contributed by atoms with van der Waals surface area (Å²) in [5.74, 6) is 0.505. The monoisotopic (exact) mass is 273 g/mol. The molecule has 4 nitrogen and oxygen atoms in total. The summed E-state index contributed by atoms with van der Waals surface area (Å²) in [5, 5.41) is 18.1. The minimum Gasteiger partial charge on any atom is -0.385 e. The lowest BCUT2D eigenvalue weighted by Crippen LogP contribution is -2.03. The molecule has 1 unspecified atom stereocenters. The van der Waals surface area contributed by atoms with E-state index in [1.54, 1.807) is 11.3 Å². The number of aliphatic hydroxyl groups is 1. The van der Waals surface area contributed by atoms with Gasteiger partial charge in [0.15, 0.2) is 5.82 Å². The van der Waals surface area contributed by atoms with Crippen LogP contribution in [0.1, 0.15) is 16.8 Å². The fourth-order valence-corrected chi connectivity index (χ4v) is 2.67. The molecule has 0 aliphatic rings. The molecular weight excluding hydrogens is 266 g/mol. The van der Waals surface area contributed by atoms with Gasteiger partial charge in [-0.1, -0.05) is 0 Å². The first-order valence-electron chi connectivity index (χ1n) is 4.02. The molecule has 0 amide bonds. The number of hydrogen-bond acceptors (Lipinski definition) is 4. The van der Waals surface area contributed by atoms with Crippen molar-refractivity contribution in [1.29, 1.82) is 0 Å². The van der Waals surface area contributed by atoms with Gasteiger partial charge in [-0.15, -0.1) is 11.3 Å². The number of nitrogens with zero attached hydrogens (tertiary/aromatic N) is 2. The highest BCUT2D eigenvalue weighted by Gasteiger charge is 2.13. The normalized spacial score (nSPS) is 13.0. The smallest absolute Gasteiger partial charge is 0.153 e. The van der Waals surface area contributed by atoms with Gasteiger partial charge in [0, 0.05) is 15.8 Å². The maximum absolute atomic E-state index is 9.76. The van der Waals surface area contributed by atoms with Crippen molar-refractivity contribution in [2.45, 2.75) is 12.5 Å². The van der Waals surface area contributed by atoms with E-state index in [-0.39, 0.29) is 0 Å². The zero-order chi connectivity index (χ0) is 9.97. The molecule has 2 aromatic rings. The van der Waals surface area contributed by atoms with Crippen molar-refractivity contribution in [3.8, 4) is 0 Å². The highest BCUT2D eigenvalue weighted by molar-refractivity contribution is 9.10. The standard InChI is InChI=1S/C8H8BrN3OS/c9-5-1-2-14-7(5)3-6(13)8-10-4-11-12-8/h1-2,4,6,13H,3H2,(H,10,11,12). The highest BCUT2D eigenvalue weighted by atomic mass is 79.9. The van der Waals surface area contributed by atoms with Crippen molar-refractivity contribution in [1.82, 2.24) is 15.2 Å². The van der Waals surface area contributed by atoms with Gasteiger partial charge in [-0.2, -0.15) is 5.10 Å². The van der Waals surface area contributed by atoms with E-state index in [1.807, 2.05) is 11.4 Å². The minimum absolute atomic E-state index is 0.505. The second kappa shape index (κ2) is 4.20. The van der Waals surface area contributed by atoms with Gasteiger partial charge in [-0.3, -0.25) is 5.10 Å². The van der Waals surface area contributed by atoms with Gasteiger partial charge in [0.2, 0.25) is 0 Å². The van der Waals surface area contributed by atoms with Crippen LogP contribution in [0.4, 0.5) is 0 Å². The van der Waals surface area contributed by atoms with Crippen molar-refractivity contribution in [2.24, 2.45) is 0 Å². The van der Waals surface area contributed by atoms with Gasteiger partial charge < -0.3 is 5.11 Å². The summed E-state index contributed by atoms with van der Waals surface area (Å²) >= 11 is 5.02. The van der Waals surface area contributed by atoms with E-state index < -0.39 is 6.10 Å². The quantitative estimate of drug-likeness (QED) is 0.898. The molecule has 0 saturated carbocycles. The van der Waals surface area contributed by atoms with Crippen LogP contribution < -0.4 is 0 Å². The lowest BCUT2D eigenvalue weighted by atomic mass is 10.2. The Morgan fingerprint density at radius 3 is 3.07 bits per heavy atom. The molecule has 2 N–H and O–H groups in total.